The van der Waals surface area contributed by atoms with E-state index in [4.69, 9.17) is 5.41 Å². The van der Waals surface area contributed by atoms with Gasteiger partial charge in [-0.05, 0) is 68.9 Å². The number of aromatic nitrogens is 3. The summed E-state index contributed by atoms with van der Waals surface area (Å²) in [7, 11) is -4.13. The number of benzene rings is 1. The van der Waals surface area contributed by atoms with E-state index in [-0.39, 0.29) is 43.1 Å². The number of hydrogen-bond acceptors (Lipinski definition) is 9. The zero-order chi connectivity index (χ0) is 27.1. The molecule has 0 spiro atoms. The molecule has 0 saturated carbocycles. The van der Waals surface area contributed by atoms with Crippen LogP contribution in [0.3, 0.4) is 0 Å². The molecule has 2 atom stereocenters. The molecule has 0 bridgehead atoms. The van der Waals surface area contributed by atoms with Gasteiger partial charge in [0.1, 0.15) is 11.5 Å². The van der Waals surface area contributed by atoms with Crippen molar-refractivity contribution < 1.29 is 17.6 Å². The van der Waals surface area contributed by atoms with Gasteiger partial charge in [0.15, 0.2) is 5.78 Å². The van der Waals surface area contributed by atoms with E-state index in [9.17, 15) is 17.6 Å². The summed E-state index contributed by atoms with van der Waals surface area (Å²) in [6.45, 7) is 3.77. The Hall–Kier alpha value is -3.29. The van der Waals surface area contributed by atoms with Gasteiger partial charge >= 0.3 is 0 Å². The van der Waals surface area contributed by atoms with Gasteiger partial charge < -0.3 is 10.8 Å². The lowest BCUT2D eigenvalue weighted by molar-refractivity contribution is 0.0398. The number of hydrazone groups is 1. The molecule has 3 heterocycles. The van der Waals surface area contributed by atoms with Crippen molar-refractivity contribution in [2.24, 2.45) is 16.4 Å². The summed E-state index contributed by atoms with van der Waals surface area (Å²) >= 11 is 1.31. The van der Waals surface area contributed by atoms with Crippen molar-refractivity contribution in [1.82, 2.24) is 24.5 Å². The van der Waals surface area contributed by atoms with Gasteiger partial charge in [-0.1, -0.05) is 0 Å². The normalized spacial score (nSPS) is 22.1. The van der Waals surface area contributed by atoms with Crippen molar-refractivity contribution >= 4 is 38.4 Å². The fourth-order valence-corrected chi connectivity index (χ4v) is 7.22. The van der Waals surface area contributed by atoms with Gasteiger partial charge in [0, 0.05) is 30.2 Å². The highest BCUT2D eigenvalue weighted by Gasteiger charge is 2.55. The molecule has 0 amide bonds. The second-order valence-corrected chi connectivity index (χ2v) is 12.6. The lowest BCUT2D eigenvalue weighted by Crippen LogP contribution is -2.58. The lowest BCUT2D eigenvalue weighted by Gasteiger charge is -2.48. The molecule has 1 saturated heterocycles. The fourth-order valence-electron chi connectivity index (χ4n) is 5.36. The summed E-state index contributed by atoms with van der Waals surface area (Å²) in [5, 5.41) is 17.5. The molecule has 1 aliphatic carbocycles. The SMILES string of the molecule is CC(C)N/N=C(\C=N)S(=O)(=O)N1CCC2Cc3c(cnn3-c3ccc(F)cc3)CC2(C(=O)c2cscn2)C1. The van der Waals surface area contributed by atoms with Crippen LogP contribution < -0.4 is 5.43 Å². The molecular weight excluding hydrogens is 529 g/mol. The van der Waals surface area contributed by atoms with E-state index in [1.54, 1.807) is 33.9 Å². The van der Waals surface area contributed by atoms with Crippen molar-refractivity contribution in [3.8, 4) is 5.69 Å². The quantitative estimate of drug-likeness (QED) is 0.199. The average molecular weight is 558 g/mol. The third kappa shape index (κ3) is 4.58. The van der Waals surface area contributed by atoms with E-state index in [2.05, 4.69) is 20.6 Å². The van der Waals surface area contributed by atoms with Crippen LogP contribution in [0.25, 0.3) is 5.69 Å². The fraction of sp³-hybridized carbons (Fsp3) is 0.400. The number of nitrogens with zero attached hydrogens (tertiary/aromatic N) is 5. The number of carbonyl (C=O) groups excluding carboxylic acids is 1. The molecule has 1 aliphatic heterocycles. The number of sulfonamides is 1. The first-order valence-corrected chi connectivity index (χ1v) is 14.6. The first kappa shape index (κ1) is 26.3. The number of nitrogens with one attached hydrogen (secondary N) is 2. The van der Waals surface area contributed by atoms with Gasteiger partial charge in [0.25, 0.3) is 10.0 Å². The summed E-state index contributed by atoms with van der Waals surface area (Å²) in [6.07, 6.45) is 3.66. The lowest BCUT2D eigenvalue weighted by atomic mass is 9.60. The molecule has 3 aromatic rings. The molecule has 200 valence electrons. The Morgan fingerprint density at radius 1 is 1.34 bits per heavy atom. The molecule has 2 N–H and O–H groups in total. The van der Waals surface area contributed by atoms with E-state index < -0.39 is 20.5 Å². The number of fused-ring (bicyclic) bond motifs is 2. The first-order chi connectivity index (χ1) is 18.2. The summed E-state index contributed by atoms with van der Waals surface area (Å²) < 4.78 is 43.7. The largest absolute Gasteiger partial charge is 0.306 e. The predicted octanol–water partition coefficient (Wildman–Crippen LogP) is 3.05. The highest BCUT2D eigenvalue weighted by Crippen LogP contribution is 2.48. The third-order valence-electron chi connectivity index (χ3n) is 7.22. The Bertz CT molecular complexity index is 1480. The second kappa shape index (κ2) is 10.1. The zero-order valence-electron chi connectivity index (χ0n) is 21.0. The van der Waals surface area contributed by atoms with Crippen LogP contribution in [0.1, 0.15) is 42.0 Å². The molecule has 2 aliphatic rings. The van der Waals surface area contributed by atoms with Crippen LogP contribution in [0.4, 0.5) is 4.39 Å². The molecular formula is C25H28FN7O3S2. The van der Waals surface area contributed by atoms with Gasteiger partial charge in [-0.2, -0.15) is 14.5 Å². The molecule has 38 heavy (non-hydrogen) atoms. The van der Waals surface area contributed by atoms with Crippen LogP contribution in [-0.4, -0.2) is 63.7 Å². The Morgan fingerprint density at radius 2 is 2.11 bits per heavy atom. The number of halogens is 1. The molecule has 1 fully saturated rings. The highest BCUT2D eigenvalue weighted by atomic mass is 32.2. The minimum atomic E-state index is -4.13. The number of hydrogen-bond donors (Lipinski definition) is 2. The van der Waals surface area contributed by atoms with Crippen molar-refractivity contribution in [2.75, 3.05) is 13.1 Å². The Labute approximate surface area is 224 Å². The third-order valence-corrected chi connectivity index (χ3v) is 9.53. The van der Waals surface area contributed by atoms with E-state index in [0.29, 0.717) is 18.5 Å². The van der Waals surface area contributed by atoms with Gasteiger partial charge in [0.2, 0.25) is 5.04 Å². The monoisotopic (exact) mass is 557 g/mol. The molecule has 5 rings (SSSR count). The number of piperidine rings is 1. The van der Waals surface area contributed by atoms with Crippen LogP contribution in [0, 0.1) is 22.6 Å². The van der Waals surface area contributed by atoms with E-state index in [1.165, 1.54) is 27.8 Å². The van der Waals surface area contributed by atoms with Crippen molar-refractivity contribution in [2.45, 2.75) is 39.2 Å². The van der Waals surface area contributed by atoms with Crippen molar-refractivity contribution in [3.05, 3.63) is 64.1 Å². The van der Waals surface area contributed by atoms with Crippen molar-refractivity contribution in [3.63, 3.8) is 0 Å². The molecule has 0 radical (unpaired) electrons. The van der Waals surface area contributed by atoms with E-state index in [1.807, 2.05) is 13.8 Å². The van der Waals surface area contributed by atoms with Gasteiger partial charge in [-0.25, -0.2) is 22.5 Å². The number of rotatable bonds is 7. The first-order valence-electron chi connectivity index (χ1n) is 12.2. The number of carbonyl (C=O) groups is 1. The number of ketones is 1. The predicted molar refractivity (Wildman–Crippen MR) is 143 cm³/mol. The molecule has 13 heteroatoms. The Kier molecular flexibility index (Phi) is 7.01. The van der Waals surface area contributed by atoms with Crippen LogP contribution in [0.2, 0.25) is 0 Å². The van der Waals surface area contributed by atoms with Crippen LogP contribution in [-0.2, 0) is 22.9 Å². The molecule has 2 unspecified atom stereocenters. The topological polar surface area (TPSA) is 133 Å². The zero-order valence-corrected chi connectivity index (χ0v) is 22.6. The minimum absolute atomic E-state index is 0.0495. The van der Waals surface area contributed by atoms with Crippen LogP contribution in [0.5, 0.6) is 0 Å². The smallest absolute Gasteiger partial charge is 0.263 e. The van der Waals surface area contributed by atoms with Crippen molar-refractivity contribution in [1.29, 1.82) is 5.41 Å². The maximum Gasteiger partial charge on any atom is 0.263 e. The van der Waals surface area contributed by atoms with Gasteiger partial charge in [-0.3, -0.25) is 4.79 Å². The number of Topliss-reactive ketones (excluding diaryl/α,β-unsaturated/α-hetero) is 1. The summed E-state index contributed by atoms with van der Waals surface area (Å²) in [4.78, 5) is 18.3. The standard InChI is InChI=1S/C25H28FN7O3S2/c1-16(2)30-31-23(11-27)38(35,36)32-8-7-18-9-22-17(12-29-33(22)20-5-3-19(26)4-6-20)10-25(18,14-32)24(34)21-13-37-15-28-21/h3-6,11-13,15-16,18,27,30H,7-10,14H2,1-2H3/b27-11?,31-23+. The second-order valence-electron chi connectivity index (χ2n) is 9.95. The number of thiazole rings is 1. The minimum Gasteiger partial charge on any atom is -0.306 e. The maximum atomic E-state index is 14.0. The van der Waals surface area contributed by atoms with Gasteiger partial charge in [0.05, 0.1) is 29.0 Å². The summed E-state index contributed by atoms with van der Waals surface area (Å²) in [6, 6.07) is 5.95. The Morgan fingerprint density at radius 3 is 2.76 bits per heavy atom. The Balaban J connectivity index is 1.55. The maximum absolute atomic E-state index is 14.0. The van der Waals surface area contributed by atoms with E-state index >= 15 is 0 Å². The summed E-state index contributed by atoms with van der Waals surface area (Å²) in [5.74, 6) is -0.703. The van der Waals surface area contributed by atoms with Crippen LogP contribution in [0.15, 0.2) is 46.5 Å². The average Bonchev–Trinajstić information content (AvgIpc) is 3.57. The van der Waals surface area contributed by atoms with Gasteiger partial charge in [-0.15, -0.1) is 11.3 Å². The molecule has 10 nitrogen and oxygen atoms in total. The molecule has 1 aromatic carbocycles. The summed E-state index contributed by atoms with van der Waals surface area (Å²) in [5.41, 5.74) is 6.06. The van der Waals surface area contributed by atoms with E-state index in [0.717, 1.165) is 23.2 Å². The highest BCUT2D eigenvalue weighted by molar-refractivity contribution is 8.06. The van der Waals surface area contributed by atoms with Crippen LogP contribution >= 0.6 is 11.3 Å². The molecule has 2 aromatic heterocycles.